The van der Waals surface area contributed by atoms with E-state index in [0.29, 0.717) is 6.61 Å². The summed E-state index contributed by atoms with van der Waals surface area (Å²) >= 11 is 3.75. The number of aromatic nitrogens is 3. The molecule has 2 heterocycles. The first-order chi connectivity index (χ1) is 14.5. The Balaban J connectivity index is 1.72. The molecule has 2 aromatic carbocycles. The second-order valence-electron chi connectivity index (χ2n) is 7.41. The average Bonchev–Trinajstić information content (AvgIpc) is 3.12. The molecule has 5 nitrogen and oxygen atoms in total. The Hall–Kier alpha value is -2.86. The Morgan fingerprint density at radius 1 is 1.07 bits per heavy atom. The van der Waals surface area contributed by atoms with Gasteiger partial charge in [0, 0.05) is 18.3 Å². The van der Waals surface area contributed by atoms with Crippen LogP contribution >= 0.6 is 15.9 Å². The van der Waals surface area contributed by atoms with Gasteiger partial charge in [0.05, 0.1) is 22.2 Å². The summed E-state index contributed by atoms with van der Waals surface area (Å²) in [5.41, 5.74) is 8.03. The maximum Gasteiger partial charge on any atom is 0.162 e. The third-order valence-electron chi connectivity index (χ3n) is 5.30. The Labute approximate surface area is 185 Å². The minimum absolute atomic E-state index is 0.535. The molecule has 0 fully saturated rings. The first kappa shape index (κ1) is 20.4. The molecule has 0 atom stereocenters. The van der Waals surface area contributed by atoms with Gasteiger partial charge >= 0.3 is 0 Å². The van der Waals surface area contributed by atoms with Crippen LogP contribution in [0.15, 0.2) is 53.3 Å². The number of pyridine rings is 1. The van der Waals surface area contributed by atoms with Crippen molar-refractivity contribution in [3.63, 3.8) is 0 Å². The van der Waals surface area contributed by atoms with Gasteiger partial charge < -0.3 is 14.6 Å². The summed E-state index contributed by atoms with van der Waals surface area (Å²) in [6.07, 6.45) is 2.63. The average molecular weight is 465 g/mol. The van der Waals surface area contributed by atoms with Gasteiger partial charge in [0.2, 0.25) is 0 Å². The van der Waals surface area contributed by atoms with Crippen LogP contribution in [0.5, 0.6) is 5.75 Å². The summed E-state index contributed by atoms with van der Waals surface area (Å²) in [5.74, 6) is 0.866. The molecule has 0 saturated heterocycles. The van der Waals surface area contributed by atoms with Crippen LogP contribution in [0.2, 0.25) is 0 Å². The van der Waals surface area contributed by atoms with Crippen molar-refractivity contribution in [3.05, 3.63) is 75.6 Å². The van der Waals surface area contributed by atoms with Crippen LogP contribution < -0.4 is 10.1 Å². The van der Waals surface area contributed by atoms with Crippen LogP contribution in [0.3, 0.4) is 0 Å². The van der Waals surface area contributed by atoms with E-state index < -0.39 is 0 Å². The Bertz CT molecular complexity index is 1200. The number of anilines is 2. The van der Waals surface area contributed by atoms with Crippen molar-refractivity contribution in [3.8, 4) is 5.75 Å². The van der Waals surface area contributed by atoms with E-state index in [1.807, 2.05) is 35.9 Å². The summed E-state index contributed by atoms with van der Waals surface area (Å²) in [5, 5.41) is 3.64. The minimum atomic E-state index is 0.535. The van der Waals surface area contributed by atoms with Gasteiger partial charge in [-0.25, -0.2) is 9.97 Å². The fraction of sp³-hybridized carbons (Fsp3) is 0.250. The topological polar surface area (TPSA) is 52.0 Å². The first-order valence-electron chi connectivity index (χ1n) is 10.0. The van der Waals surface area contributed by atoms with Gasteiger partial charge in [0.25, 0.3) is 0 Å². The van der Waals surface area contributed by atoms with Gasteiger partial charge in [-0.05, 0) is 53.4 Å². The number of rotatable bonds is 6. The van der Waals surface area contributed by atoms with E-state index in [1.165, 1.54) is 0 Å². The number of halogens is 1. The summed E-state index contributed by atoms with van der Waals surface area (Å²) < 4.78 is 9.04. The molecular weight excluding hydrogens is 440 g/mol. The molecule has 4 rings (SSSR count). The molecule has 1 N–H and O–H groups in total. The lowest BCUT2D eigenvalue weighted by Gasteiger charge is -2.19. The van der Waals surface area contributed by atoms with Crippen LogP contribution in [0.1, 0.15) is 29.3 Å². The first-order valence-corrected chi connectivity index (χ1v) is 10.8. The minimum Gasteiger partial charge on any atom is -0.489 e. The zero-order valence-corrected chi connectivity index (χ0v) is 19.2. The molecule has 0 amide bonds. The largest absolute Gasteiger partial charge is 0.489 e. The van der Waals surface area contributed by atoms with E-state index in [-0.39, 0.29) is 0 Å². The zero-order valence-electron chi connectivity index (χ0n) is 17.7. The molecule has 154 valence electrons. The van der Waals surface area contributed by atoms with Gasteiger partial charge in [-0.2, -0.15) is 0 Å². The van der Waals surface area contributed by atoms with E-state index >= 15 is 0 Å². The molecule has 0 radical (unpaired) electrons. The van der Waals surface area contributed by atoms with Crippen molar-refractivity contribution in [2.75, 3.05) is 5.32 Å². The number of aryl methyl sites for hydroxylation is 3. The fourth-order valence-electron chi connectivity index (χ4n) is 3.54. The lowest BCUT2D eigenvalue weighted by molar-refractivity contribution is 0.304. The molecule has 30 heavy (non-hydrogen) atoms. The second kappa shape index (κ2) is 8.48. The number of hydrogen-bond acceptors (Lipinski definition) is 4. The van der Waals surface area contributed by atoms with Crippen molar-refractivity contribution in [2.24, 2.45) is 7.05 Å². The molecule has 2 aromatic heterocycles. The highest BCUT2D eigenvalue weighted by Crippen LogP contribution is 2.38. The maximum absolute atomic E-state index is 6.14. The van der Waals surface area contributed by atoms with Gasteiger partial charge in [-0.1, -0.05) is 43.3 Å². The van der Waals surface area contributed by atoms with E-state index in [0.717, 1.165) is 61.6 Å². The van der Waals surface area contributed by atoms with Crippen LogP contribution in [-0.2, 0) is 20.1 Å². The third-order valence-corrected chi connectivity index (χ3v) is 6.16. The van der Waals surface area contributed by atoms with Crippen molar-refractivity contribution in [1.29, 1.82) is 0 Å². The van der Waals surface area contributed by atoms with Crippen molar-refractivity contribution in [2.45, 2.75) is 33.8 Å². The van der Waals surface area contributed by atoms with Gasteiger partial charge in [-0.3, -0.25) is 0 Å². The predicted octanol–water partition coefficient (Wildman–Crippen LogP) is 6.23. The van der Waals surface area contributed by atoms with Crippen LogP contribution in [0.4, 0.5) is 11.4 Å². The van der Waals surface area contributed by atoms with Crippen LogP contribution in [0, 0.1) is 13.8 Å². The predicted molar refractivity (Wildman–Crippen MR) is 126 cm³/mol. The number of imidazole rings is 1. The fourth-order valence-corrected chi connectivity index (χ4v) is 4.20. The highest BCUT2D eigenvalue weighted by atomic mass is 79.9. The summed E-state index contributed by atoms with van der Waals surface area (Å²) in [7, 11) is 1.97. The van der Waals surface area contributed by atoms with Crippen LogP contribution in [0.25, 0.3) is 11.2 Å². The van der Waals surface area contributed by atoms with Crippen molar-refractivity contribution < 1.29 is 4.74 Å². The highest BCUT2D eigenvalue weighted by molar-refractivity contribution is 9.10. The highest BCUT2D eigenvalue weighted by Gasteiger charge is 2.18. The molecule has 0 aliphatic heterocycles. The number of hydrogen-bond donors (Lipinski definition) is 1. The lowest BCUT2D eigenvalue weighted by atomic mass is 10.1. The van der Waals surface area contributed by atoms with Crippen molar-refractivity contribution >= 4 is 38.5 Å². The molecule has 0 bridgehead atoms. The van der Waals surface area contributed by atoms with Crippen molar-refractivity contribution in [1.82, 2.24) is 14.5 Å². The number of ether oxygens (including phenoxy) is 1. The number of fused-ring (bicyclic) bond motifs is 1. The van der Waals surface area contributed by atoms with E-state index in [9.17, 15) is 0 Å². The Morgan fingerprint density at radius 2 is 1.83 bits per heavy atom. The molecule has 0 unspecified atom stereocenters. The molecule has 4 aromatic rings. The number of benzene rings is 2. The number of nitrogens with one attached hydrogen (secondary N) is 1. The second-order valence-corrected chi connectivity index (χ2v) is 8.20. The molecule has 0 spiro atoms. The smallest absolute Gasteiger partial charge is 0.162 e. The standard InChI is InChI=1S/C24H25BrN4O/c1-5-18-20(25)22(23-24(27-18)29(4)14-26-23)28-21-15(2)11-12-19(16(21)3)30-13-17-9-7-6-8-10-17/h6-12,14H,5,13H2,1-4H3,(H,27,28). The Kier molecular flexibility index (Phi) is 5.77. The summed E-state index contributed by atoms with van der Waals surface area (Å²) in [6, 6.07) is 14.3. The Morgan fingerprint density at radius 3 is 2.57 bits per heavy atom. The zero-order chi connectivity index (χ0) is 21.3. The van der Waals surface area contributed by atoms with Gasteiger partial charge in [-0.15, -0.1) is 0 Å². The summed E-state index contributed by atoms with van der Waals surface area (Å²) in [6.45, 7) is 6.82. The van der Waals surface area contributed by atoms with Crippen LogP contribution in [-0.4, -0.2) is 14.5 Å². The molecular formula is C24H25BrN4O. The number of nitrogens with zero attached hydrogens (tertiary/aromatic N) is 3. The monoisotopic (exact) mass is 464 g/mol. The normalized spacial score (nSPS) is 11.1. The molecule has 0 aliphatic rings. The molecule has 0 aliphatic carbocycles. The quantitative estimate of drug-likeness (QED) is 0.367. The third kappa shape index (κ3) is 3.79. The summed E-state index contributed by atoms with van der Waals surface area (Å²) in [4.78, 5) is 9.35. The molecule has 0 saturated carbocycles. The van der Waals surface area contributed by atoms with E-state index in [1.54, 1.807) is 6.33 Å². The molecule has 6 heteroatoms. The van der Waals surface area contributed by atoms with E-state index in [4.69, 9.17) is 9.72 Å². The van der Waals surface area contributed by atoms with Gasteiger partial charge in [0.1, 0.15) is 17.9 Å². The maximum atomic E-state index is 6.14. The van der Waals surface area contributed by atoms with Gasteiger partial charge in [0.15, 0.2) is 5.65 Å². The van der Waals surface area contributed by atoms with E-state index in [2.05, 4.69) is 65.2 Å². The SMILES string of the molecule is CCc1nc2c(ncn2C)c(Nc2c(C)ccc(OCc3ccccc3)c2C)c1Br. The lowest BCUT2D eigenvalue weighted by Crippen LogP contribution is -2.04.